The fourth-order valence-corrected chi connectivity index (χ4v) is 5.59. The molecular weight excluding hydrogens is 398 g/mol. The molecule has 6 heteroatoms. The van der Waals surface area contributed by atoms with E-state index < -0.39 is 0 Å². The summed E-state index contributed by atoms with van der Waals surface area (Å²) in [5, 5.41) is 7.96. The molecule has 1 saturated heterocycles. The summed E-state index contributed by atoms with van der Waals surface area (Å²) in [6, 6.07) is 4.29. The van der Waals surface area contributed by atoms with Crippen LogP contribution in [-0.4, -0.2) is 49.7 Å². The molecule has 4 heterocycles. The molecule has 0 unspecified atom stereocenters. The molecule has 0 radical (unpaired) electrons. The van der Waals surface area contributed by atoms with Crippen molar-refractivity contribution in [2.45, 2.75) is 77.3 Å². The van der Waals surface area contributed by atoms with Crippen molar-refractivity contribution in [2.75, 3.05) is 13.1 Å². The Morgan fingerprint density at radius 3 is 2.69 bits per heavy atom. The van der Waals surface area contributed by atoms with E-state index in [-0.39, 0.29) is 22.9 Å². The molecule has 1 amide bonds. The van der Waals surface area contributed by atoms with Gasteiger partial charge in [0.15, 0.2) is 0 Å². The first-order valence-corrected chi connectivity index (χ1v) is 11.7. The Bertz CT molecular complexity index is 1030. The summed E-state index contributed by atoms with van der Waals surface area (Å²) in [6.45, 7) is 12.4. The van der Waals surface area contributed by atoms with E-state index in [1.807, 2.05) is 31.0 Å². The number of likely N-dealkylation sites (tertiary alicyclic amines) is 1. The Hall–Kier alpha value is -2.47. The van der Waals surface area contributed by atoms with Crippen molar-refractivity contribution in [2.24, 2.45) is 7.05 Å². The summed E-state index contributed by atoms with van der Waals surface area (Å²) in [5.41, 5.74) is 5.51. The highest BCUT2D eigenvalue weighted by Crippen LogP contribution is 2.32. The average molecular weight is 436 g/mol. The number of aryl methyl sites for hydroxylation is 2. The van der Waals surface area contributed by atoms with Gasteiger partial charge in [-0.2, -0.15) is 5.10 Å². The van der Waals surface area contributed by atoms with E-state index in [9.17, 15) is 4.79 Å². The maximum absolute atomic E-state index is 13.3. The number of carbonyl (C=O) groups excluding carboxylic acids is 1. The van der Waals surface area contributed by atoms with Crippen LogP contribution in [0.4, 0.5) is 0 Å². The van der Waals surface area contributed by atoms with Crippen LogP contribution in [0.15, 0.2) is 36.2 Å². The van der Waals surface area contributed by atoms with E-state index >= 15 is 0 Å². The lowest BCUT2D eigenvalue weighted by molar-refractivity contribution is -0.131. The molecule has 0 aliphatic carbocycles. The molecule has 1 N–H and O–H groups in total. The van der Waals surface area contributed by atoms with E-state index in [0.29, 0.717) is 6.42 Å². The molecule has 0 aromatic carbocycles. The first-order chi connectivity index (χ1) is 15.0. The molecule has 0 spiro atoms. The molecule has 4 rings (SSSR count). The summed E-state index contributed by atoms with van der Waals surface area (Å²) >= 11 is 0. The average Bonchev–Trinajstić information content (AvgIpc) is 3.11. The van der Waals surface area contributed by atoms with Gasteiger partial charge < -0.3 is 10.2 Å². The minimum absolute atomic E-state index is 0.00643. The molecule has 0 bridgehead atoms. The van der Waals surface area contributed by atoms with E-state index in [4.69, 9.17) is 4.98 Å². The second kappa shape index (κ2) is 8.47. The van der Waals surface area contributed by atoms with Crippen molar-refractivity contribution in [1.29, 1.82) is 0 Å². The number of nitrogens with zero attached hydrogens (tertiary/aromatic N) is 4. The predicted molar refractivity (Wildman–Crippen MR) is 128 cm³/mol. The SMILES string of the molecule is Cc1cc(-c2cnn(C)c2)cc([C@H]2CCCN(C(=O)CC3=CC(C)(C)NC(C)(C)C3)C2)n1. The van der Waals surface area contributed by atoms with Crippen molar-refractivity contribution in [3.63, 3.8) is 0 Å². The van der Waals surface area contributed by atoms with Gasteiger partial charge in [-0.3, -0.25) is 14.5 Å². The largest absolute Gasteiger partial charge is 0.342 e. The maximum Gasteiger partial charge on any atom is 0.226 e. The Labute approximate surface area is 192 Å². The molecule has 2 aromatic heterocycles. The first kappa shape index (κ1) is 22.7. The highest BCUT2D eigenvalue weighted by atomic mass is 16.2. The first-order valence-electron chi connectivity index (χ1n) is 11.7. The number of piperidine rings is 1. The molecule has 2 aromatic rings. The van der Waals surface area contributed by atoms with Crippen LogP contribution in [0.2, 0.25) is 0 Å². The summed E-state index contributed by atoms with van der Waals surface area (Å²) < 4.78 is 1.82. The second-order valence-corrected chi connectivity index (χ2v) is 10.9. The topological polar surface area (TPSA) is 63.1 Å². The minimum Gasteiger partial charge on any atom is -0.342 e. The highest BCUT2D eigenvalue weighted by molar-refractivity contribution is 5.79. The fraction of sp³-hybridized carbons (Fsp3) is 0.577. The second-order valence-electron chi connectivity index (χ2n) is 10.9. The number of hydrogen-bond acceptors (Lipinski definition) is 4. The molecule has 32 heavy (non-hydrogen) atoms. The smallest absolute Gasteiger partial charge is 0.226 e. The predicted octanol–water partition coefficient (Wildman–Crippen LogP) is 4.36. The van der Waals surface area contributed by atoms with Crippen LogP contribution in [0.25, 0.3) is 11.1 Å². The summed E-state index contributed by atoms with van der Waals surface area (Å²) in [4.78, 5) is 20.2. The van der Waals surface area contributed by atoms with Crippen LogP contribution in [0.5, 0.6) is 0 Å². The van der Waals surface area contributed by atoms with E-state index in [1.165, 1.54) is 5.57 Å². The van der Waals surface area contributed by atoms with Crippen LogP contribution in [0, 0.1) is 6.92 Å². The molecule has 1 atom stereocenters. The normalized spacial score (nSPS) is 22.5. The number of hydrogen-bond donors (Lipinski definition) is 1. The monoisotopic (exact) mass is 435 g/mol. The Kier molecular flexibility index (Phi) is 6.01. The van der Waals surface area contributed by atoms with Crippen molar-refractivity contribution in [1.82, 2.24) is 25.0 Å². The molecule has 1 fully saturated rings. The maximum atomic E-state index is 13.3. The van der Waals surface area contributed by atoms with E-state index in [1.54, 1.807) is 0 Å². The standard InChI is InChI=1S/C26H37N5O/c1-18-10-21(22-15-27-30(6)16-22)12-23(28-18)20-8-7-9-31(17-20)24(32)11-19-13-25(2,3)29-26(4,5)14-19/h10,12-13,15-16,20,29H,7-9,11,14,17H2,1-6H3/t20-/m0/s1. The minimum atomic E-state index is -0.0873. The van der Waals surface area contributed by atoms with Gasteiger partial charge in [0.1, 0.15) is 0 Å². The molecule has 2 aliphatic rings. The molecule has 2 aliphatic heterocycles. The fourth-order valence-electron chi connectivity index (χ4n) is 5.59. The summed E-state index contributed by atoms with van der Waals surface area (Å²) in [5.74, 6) is 0.521. The Morgan fingerprint density at radius 2 is 2.00 bits per heavy atom. The third-order valence-corrected chi connectivity index (χ3v) is 6.48. The zero-order chi connectivity index (χ0) is 23.1. The number of rotatable bonds is 4. The molecular formula is C26H37N5O. The Balaban J connectivity index is 1.48. The molecule has 0 saturated carbocycles. The van der Waals surface area contributed by atoms with Crippen LogP contribution in [0.1, 0.15) is 70.7 Å². The number of nitrogens with one attached hydrogen (secondary N) is 1. The molecule has 6 nitrogen and oxygen atoms in total. The van der Waals surface area contributed by atoms with E-state index in [0.717, 1.165) is 54.9 Å². The van der Waals surface area contributed by atoms with Gasteiger partial charge in [-0.05, 0) is 71.6 Å². The van der Waals surface area contributed by atoms with Crippen LogP contribution in [-0.2, 0) is 11.8 Å². The van der Waals surface area contributed by atoms with Crippen LogP contribution >= 0.6 is 0 Å². The third-order valence-electron chi connectivity index (χ3n) is 6.48. The van der Waals surface area contributed by atoms with Gasteiger partial charge in [0.2, 0.25) is 5.91 Å². The van der Waals surface area contributed by atoms with Gasteiger partial charge >= 0.3 is 0 Å². The lowest BCUT2D eigenvalue weighted by atomic mass is 9.82. The van der Waals surface area contributed by atoms with Crippen LogP contribution < -0.4 is 5.32 Å². The van der Waals surface area contributed by atoms with Crippen molar-refractivity contribution in [3.05, 3.63) is 47.6 Å². The number of amides is 1. The van der Waals surface area contributed by atoms with Gasteiger partial charge in [0, 0.05) is 66.7 Å². The highest BCUT2D eigenvalue weighted by Gasteiger charge is 2.34. The van der Waals surface area contributed by atoms with Crippen molar-refractivity contribution >= 4 is 5.91 Å². The summed E-state index contributed by atoms with van der Waals surface area (Å²) in [6.07, 6.45) is 9.69. The number of pyridine rings is 1. The van der Waals surface area contributed by atoms with Gasteiger partial charge in [0.05, 0.1) is 6.20 Å². The van der Waals surface area contributed by atoms with Gasteiger partial charge in [-0.25, -0.2) is 0 Å². The van der Waals surface area contributed by atoms with Crippen molar-refractivity contribution < 1.29 is 4.79 Å². The Morgan fingerprint density at radius 1 is 1.22 bits per heavy atom. The zero-order valence-corrected chi connectivity index (χ0v) is 20.4. The number of carbonyl (C=O) groups is 1. The third kappa shape index (κ3) is 5.29. The lowest BCUT2D eigenvalue weighted by Gasteiger charge is -2.41. The molecule has 172 valence electrons. The van der Waals surface area contributed by atoms with Gasteiger partial charge in [0.25, 0.3) is 0 Å². The number of aromatic nitrogens is 3. The van der Waals surface area contributed by atoms with E-state index in [2.05, 4.69) is 61.2 Å². The summed E-state index contributed by atoms with van der Waals surface area (Å²) in [7, 11) is 1.93. The van der Waals surface area contributed by atoms with Crippen LogP contribution in [0.3, 0.4) is 0 Å². The van der Waals surface area contributed by atoms with Crippen molar-refractivity contribution in [3.8, 4) is 11.1 Å². The zero-order valence-electron chi connectivity index (χ0n) is 20.4. The lowest BCUT2D eigenvalue weighted by Crippen LogP contribution is -2.54. The quantitative estimate of drug-likeness (QED) is 0.725. The van der Waals surface area contributed by atoms with Gasteiger partial charge in [-0.1, -0.05) is 11.6 Å². The van der Waals surface area contributed by atoms with Gasteiger partial charge in [-0.15, -0.1) is 0 Å².